The zero-order valence-electron chi connectivity index (χ0n) is 12.2. The molecule has 0 N–H and O–H groups in total. The van der Waals surface area contributed by atoms with Crippen molar-refractivity contribution in [2.75, 3.05) is 20.3 Å². The van der Waals surface area contributed by atoms with Crippen LogP contribution in [0.15, 0.2) is 24.5 Å². The number of nitrogens with zero attached hydrogens (tertiary/aromatic N) is 3. The summed E-state index contributed by atoms with van der Waals surface area (Å²) in [5.41, 5.74) is 2.29. The van der Waals surface area contributed by atoms with Gasteiger partial charge in [0.05, 0.1) is 11.2 Å². The van der Waals surface area contributed by atoms with Crippen molar-refractivity contribution in [1.82, 2.24) is 14.7 Å². The number of aromatic nitrogens is 2. The maximum absolute atomic E-state index is 6.26. The van der Waals surface area contributed by atoms with E-state index in [2.05, 4.69) is 17.0 Å². The van der Waals surface area contributed by atoms with E-state index < -0.39 is 0 Å². The summed E-state index contributed by atoms with van der Waals surface area (Å²) in [7, 11) is 3.99. The molecular weight excluding hydrogens is 290 g/mol. The predicted molar refractivity (Wildman–Crippen MR) is 80.8 cm³/mol. The van der Waals surface area contributed by atoms with Crippen LogP contribution in [0.25, 0.3) is 0 Å². The van der Waals surface area contributed by atoms with E-state index in [1.165, 1.54) is 5.56 Å². The van der Waals surface area contributed by atoms with Crippen LogP contribution in [-0.4, -0.2) is 34.9 Å². The van der Waals surface area contributed by atoms with Crippen molar-refractivity contribution in [3.63, 3.8) is 0 Å². The van der Waals surface area contributed by atoms with Gasteiger partial charge in [-0.3, -0.25) is 9.58 Å². The van der Waals surface area contributed by atoms with Crippen molar-refractivity contribution in [2.24, 2.45) is 7.05 Å². The normalized spacial score (nSPS) is 13.7. The quantitative estimate of drug-likeness (QED) is 0.870. The minimum atomic E-state index is 0.549. The van der Waals surface area contributed by atoms with Crippen LogP contribution < -0.4 is 9.47 Å². The lowest BCUT2D eigenvalue weighted by Crippen LogP contribution is -2.19. The molecule has 0 amide bonds. The Labute approximate surface area is 129 Å². The molecule has 1 aromatic carbocycles. The minimum absolute atomic E-state index is 0.549. The van der Waals surface area contributed by atoms with Crippen molar-refractivity contribution in [3.8, 4) is 11.5 Å². The monoisotopic (exact) mass is 307 g/mol. The molecule has 1 aliphatic rings. The van der Waals surface area contributed by atoms with Crippen LogP contribution >= 0.6 is 11.6 Å². The first kappa shape index (κ1) is 14.2. The molecule has 0 aliphatic carbocycles. The van der Waals surface area contributed by atoms with Gasteiger partial charge in [-0.15, -0.1) is 0 Å². The third kappa shape index (κ3) is 3.31. The summed E-state index contributed by atoms with van der Waals surface area (Å²) in [5, 5.41) is 4.79. The molecule has 0 fully saturated rings. The van der Waals surface area contributed by atoms with E-state index in [0.29, 0.717) is 24.0 Å². The number of halogens is 1. The van der Waals surface area contributed by atoms with Crippen LogP contribution in [0.5, 0.6) is 11.5 Å². The molecule has 3 rings (SSSR count). The molecule has 0 bridgehead atoms. The topological polar surface area (TPSA) is 39.5 Å². The molecule has 0 atom stereocenters. The van der Waals surface area contributed by atoms with Gasteiger partial charge in [0.25, 0.3) is 0 Å². The molecule has 2 heterocycles. The van der Waals surface area contributed by atoms with Crippen LogP contribution in [-0.2, 0) is 20.1 Å². The summed E-state index contributed by atoms with van der Waals surface area (Å²) < 4.78 is 12.9. The van der Waals surface area contributed by atoms with Gasteiger partial charge in [-0.2, -0.15) is 5.10 Å². The number of fused-ring (bicyclic) bond motifs is 1. The van der Waals surface area contributed by atoms with E-state index in [4.69, 9.17) is 21.1 Å². The smallest absolute Gasteiger partial charge is 0.179 e. The average Bonchev–Trinajstić information content (AvgIpc) is 2.84. The summed E-state index contributed by atoms with van der Waals surface area (Å²) >= 11 is 6.26. The highest BCUT2D eigenvalue weighted by molar-refractivity contribution is 6.32. The summed E-state index contributed by atoms with van der Waals surface area (Å²) in [6.45, 7) is 2.73. The second-order valence-electron chi connectivity index (χ2n) is 5.30. The first-order chi connectivity index (χ1) is 10.1. The fraction of sp³-hybridized carbons (Fsp3) is 0.400. The second kappa shape index (κ2) is 5.95. The highest BCUT2D eigenvalue weighted by Crippen LogP contribution is 2.38. The molecule has 6 heteroatoms. The Hall–Kier alpha value is -1.72. The van der Waals surface area contributed by atoms with Gasteiger partial charge in [0.15, 0.2) is 11.5 Å². The molecule has 0 spiro atoms. The molecule has 0 unspecified atom stereocenters. The minimum Gasteiger partial charge on any atom is -0.486 e. The molecule has 1 aliphatic heterocycles. The van der Waals surface area contributed by atoms with Gasteiger partial charge < -0.3 is 9.47 Å². The molecule has 21 heavy (non-hydrogen) atoms. The van der Waals surface area contributed by atoms with Crippen molar-refractivity contribution in [3.05, 3.63) is 40.7 Å². The van der Waals surface area contributed by atoms with Crippen molar-refractivity contribution < 1.29 is 9.47 Å². The Morgan fingerprint density at radius 1 is 1.24 bits per heavy atom. The van der Waals surface area contributed by atoms with Gasteiger partial charge in [0.1, 0.15) is 13.2 Å². The van der Waals surface area contributed by atoms with Gasteiger partial charge in [-0.1, -0.05) is 11.6 Å². The molecule has 5 nitrogen and oxygen atoms in total. The summed E-state index contributed by atoms with van der Waals surface area (Å²) in [6, 6.07) is 3.94. The number of hydrogen-bond acceptors (Lipinski definition) is 4. The summed E-state index contributed by atoms with van der Waals surface area (Å²) in [6.07, 6.45) is 3.90. The van der Waals surface area contributed by atoms with E-state index in [-0.39, 0.29) is 0 Å². The predicted octanol–water partition coefficient (Wildman–Crippen LogP) is 2.48. The second-order valence-corrected chi connectivity index (χ2v) is 5.70. The lowest BCUT2D eigenvalue weighted by molar-refractivity contribution is 0.171. The first-order valence-corrected chi connectivity index (χ1v) is 7.23. The van der Waals surface area contributed by atoms with Crippen LogP contribution in [0.3, 0.4) is 0 Å². The molecule has 0 saturated heterocycles. The fourth-order valence-corrected chi connectivity index (χ4v) is 2.78. The standard InChI is InChI=1S/C15H18ClN3O2/c1-18(9-12-7-17-19(2)10-12)8-11-5-13(16)15-14(6-11)20-3-4-21-15/h5-7,10H,3-4,8-9H2,1-2H3. The van der Waals surface area contributed by atoms with Crippen molar-refractivity contribution >= 4 is 11.6 Å². The third-order valence-corrected chi connectivity index (χ3v) is 3.60. The Bertz CT molecular complexity index is 642. The number of aryl methyl sites for hydroxylation is 1. The summed E-state index contributed by atoms with van der Waals surface area (Å²) in [4.78, 5) is 2.21. The largest absolute Gasteiger partial charge is 0.486 e. The maximum Gasteiger partial charge on any atom is 0.179 e. The molecular formula is C15H18ClN3O2. The highest BCUT2D eigenvalue weighted by Gasteiger charge is 2.17. The van der Waals surface area contributed by atoms with E-state index in [0.717, 1.165) is 24.4 Å². The van der Waals surface area contributed by atoms with E-state index in [1.54, 1.807) is 0 Å². The number of ether oxygens (including phenoxy) is 2. The average molecular weight is 308 g/mol. The first-order valence-electron chi connectivity index (χ1n) is 6.86. The van der Waals surface area contributed by atoms with Gasteiger partial charge >= 0.3 is 0 Å². The molecule has 112 valence electrons. The van der Waals surface area contributed by atoms with Crippen LogP contribution in [0.2, 0.25) is 5.02 Å². The molecule has 1 aromatic heterocycles. The van der Waals surface area contributed by atoms with Gasteiger partial charge in [0, 0.05) is 31.9 Å². The van der Waals surface area contributed by atoms with Crippen LogP contribution in [0, 0.1) is 0 Å². The number of hydrogen-bond donors (Lipinski definition) is 0. The molecule has 0 saturated carbocycles. The lowest BCUT2D eigenvalue weighted by Gasteiger charge is -2.22. The Balaban J connectivity index is 1.71. The van der Waals surface area contributed by atoms with Crippen LogP contribution in [0.1, 0.15) is 11.1 Å². The van der Waals surface area contributed by atoms with Gasteiger partial charge in [-0.05, 0) is 24.7 Å². The van der Waals surface area contributed by atoms with Gasteiger partial charge in [-0.25, -0.2) is 0 Å². The van der Waals surface area contributed by atoms with Crippen molar-refractivity contribution in [2.45, 2.75) is 13.1 Å². The molecule has 2 aromatic rings. The van der Waals surface area contributed by atoms with E-state index in [1.807, 2.05) is 36.3 Å². The zero-order chi connectivity index (χ0) is 14.8. The van der Waals surface area contributed by atoms with Crippen molar-refractivity contribution in [1.29, 1.82) is 0 Å². The Morgan fingerprint density at radius 2 is 2.00 bits per heavy atom. The lowest BCUT2D eigenvalue weighted by atomic mass is 10.1. The highest BCUT2D eigenvalue weighted by atomic mass is 35.5. The maximum atomic E-state index is 6.26. The van der Waals surface area contributed by atoms with Gasteiger partial charge in [0.2, 0.25) is 0 Å². The zero-order valence-corrected chi connectivity index (χ0v) is 12.9. The Morgan fingerprint density at radius 3 is 2.76 bits per heavy atom. The SMILES string of the molecule is CN(Cc1cc(Cl)c2c(c1)OCCO2)Cc1cnn(C)c1. The summed E-state index contributed by atoms with van der Waals surface area (Å²) in [5.74, 6) is 1.39. The molecule has 0 radical (unpaired) electrons. The van der Waals surface area contributed by atoms with E-state index in [9.17, 15) is 0 Å². The van der Waals surface area contributed by atoms with E-state index >= 15 is 0 Å². The fourth-order valence-electron chi connectivity index (χ4n) is 2.49. The Kier molecular flexibility index (Phi) is 4.03. The van der Waals surface area contributed by atoms with Crippen LogP contribution in [0.4, 0.5) is 0 Å². The number of benzene rings is 1. The number of rotatable bonds is 4. The third-order valence-electron chi connectivity index (χ3n) is 3.32.